The summed E-state index contributed by atoms with van der Waals surface area (Å²) in [4.78, 5) is 16.1. The molecule has 3 aromatic heterocycles. The van der Waals surface area contributed by atoms with Gasteiger partial charge in [0, 0.05) is 38.4 Å². The molecule has 0 spiro atoms. The molecule has 0 fully saturated rings. The van der Waals surface area contributed by atoms with Crippen LogP contribution in [0.4, 0.5) is 0 Å². The van der Waals surface area contributed by atoms with Crippen LogP contribution in [0.5, 0.6) is 0 Å². The molecule has 0 saturated carbocycles. The molecule has 0 atom stereocenters. The van der Waals surface area contributed by atoms with Crippen LogP contribution in [0.1, 0.15) is 0 Å². The fourth-order valence-electron chi connectivity index (χ4n) is 9.70. The molecular weight excluding hydrogens is 779 g/mol. The van der Waals surface area contributed by atoms with Gasteiger partial charge in [-0.1, -0.05) is 182 Å². The lowest BCUT2D eigenvalue weighted by Gasteiger charge is -2.13. The maximum absolute atomic E-state index is 5.41. The van der Waals surface area contributed by atoms with E-state index in [4.69, 9.17) is 15.0 Å². The second kappa shape index (κ2) is 14.5. The summed E-state index contributed by atoms with van der Waals surface area (Å²) in [5, 5.41) is 9.54. The van der Waals surface area contributed by atoms with Crippen LogP contribution in [0.3, 0.4) is 0 Å². The Labute approximate surface area is 368 Å². The Morgan fingerprint density at radius 3 is 1.62 bits per heavy atom. The van der Waals surface area contributed by atoms with Crippen molar-refractivity contribution in [2.24, 2.45) is 0 Å². The van der Waals surface area contributed by atoms with Gasteiger partial charge in [-0.3, -0.25) is 4.57 Å². The molecule has 0 amide bonds. The first kappa shape index (κ1) is 36.0. The van der Waals surface area contributed by atoms with Gasteiger partial charge in [-0.2, -0.15) is 9.97 Å². The first-order chi connectivity index (χ1) is 31.7. The number of benzene rings is 10. The van der Waals surface area contributed by atoms with Crippen LogP contribution in [0.2, 0.25) is 0 Å². The minimum absolute atomic E-state index is 0.554. The molecule has 3 heterocycles. The summed E-state index contributed by atoms with van der Waals surface area (Å²) in [6.07, 6.45) is 0. The van der Waals surface area contributed by atoms with Gasteiger partial charge in [0.2, 0.25) is 5.95 Å². The standard InChI is InChI=1S/C59H37N5/c1-3-14-38(15-4-1)40-26-28-42(29-27-40)57-60-58(46-22-13-21-43(34-46)39-16-5-2-6-17-39)62-59(61-57)64-54-36-45-20-8-7-19-44(45)35-51(54)49-32-31-47(37-55(49)64)63-52-25-12-11-24-50(52)56-48-23-10-9-18-41(48)30-33-53(56)63/h1-37H. The van der Waals surface area contributed by atoms with Crippen LogP contribution in [0, 0.1) is 0 Å². The molecule has 5 nitrogen and oxygen atoms in total. The predicted octanol–water partition coefficient (Wildman–Crippen LogP) is 15.0. The van der Waals surface area contributed by atoms with Crippen molar-refractivity contribution in [2.75, 3.05) is 0 Å². The summed E-state index contributed by atoms with van der Waals surface area (Å²) in [5.41, 5.74) is 11.8. The van der Waals surface area contributed by atoms with Crippen LogP contribution in [0.25, 0.3) is 122 Å². The number of hydrogen-bond acceptors (Lipinski definition) is 3. The van der Waals surface area contributed by atoms with Gasteiger partial charge in [0.15, 0.2) is 11.6 Å². The van der Waals surface area contributed by atoms with Gasteiger partial charge < -0.3 is 4.57 Å². The van der Waals surface area contributed by atoms with Gasteiger partial charge in [-0.25, -0.2) is 4.98 Å². The fraction of sp³-hybridized carbons (Fsp3) is 0. The number of nitrogens with zero attached hydrogens (tertiary/aromatic N) is 5. The molecule has 10 aromatic carbocycles. The summed E-state index contributed by atoms with van der Waals surface area (Å²) in [5.74, 6) is 1.76. The molecule has 298 valence electrons. The van der Waals surface area contributed by atoms with Crippen molar-refractivity contribution in [1.82, 2.24) is 24.1 Å². The van der Waals surface area contributed by atoms with Crippen LogP contribution in [-0.4, -0.2) is 24.1 Å². The van der Waals surface area contributed by atoms with E-state index in [9.17, 15) is 0 Å². The highest BCUT2D eigenvalue weighted by Crippen LogP contribution is 2.40. The summed E-state index contributed by atoms with van der Waals surface area (Å²) >= 11 is 0. The molecule has 0 unspecified atom stereocenters. The molecule has 0 aliphatic heterocycles. The Bertz CT molecular complexity index is 3940. The molecule has 13 rings (SSSR count). The van der Waals surface area contributed by atoms with E-state index in [1.807, 2.05) is 12.1 Å². The second-order valence-corrected chi connectivity index (χ2v) is 16.5. The van der Waals surface area contributed by atoms with Gasteiger partial charge >= 0.3 is 0 Å². The van der Waals surface area contributed by atoms with Gasteiger partial charge in [-0.15, -0.1) is 0 Å². The largest absolute Gasteiger partial charge is 0.309 e. The highest BCUT2D eigenvalue weighted by Gasteiger charge is 2.21. The fourth-order valence-corrected chi connectivity index (χ4v) is 9.70. The van der Waals surface area contributed by atoms with Crippen LogP contribution in [-0.2, 0) is 0 Å². The average molecular weight is 816 g/mol. The molecule has 0 aliphatic rings. The van der Waals surface area contributed by atoms with Gasteiger partial charge in [0.1, 0.15) is 0 Å². The van der Waals surface area contributed by atoms with Crippen LogP contribution in [0.15, 0.2) is 224 Å². The van der Waals surface area contributed by atoms with E-state index in [1.54, 1.807) is 0 Å². The van der Waals surface area contributed by atoms with Crippen molar-refractivity contribution in [1.29, 1.82) is 0 Å². The molecule has 0 bridgehead atoms. The Morgan fingerprint density at radius 1 is 0.266 bits per heavy atom. The van der Waals surface area contributed by atoms with E-state index >= 15 is 0 Å². The zero-order valence-corrected chi connectivity index (χ0v) is 34.6. The Balaban J connectivity index is 1.09. The molecule has 0 radical (unpaired) electrons. The third kappa shape index (κ3) is 5.83. The SMILES string of the molecule is c1ccc(-c2ccc(-c3nc(-c4cccc(-c5ccccc5)c4)nc(-n4c5cc(-n6c7ccccc7c7c8ccccc8ccc76)ccc5c5cc6ccccc6cc54)n3)cc2)cc1. The van der Waals surface area contributed by atoms with Crippen LogP contribution < -0.4 is 0 Å². The molecule has 5 heteroatoms. The first-order valence-electron chi connectivity index (χ1n) is 21.7. The lowest BCUT2D eigenvalue weighted by Crippen LogP contribution is -2.07. The average Bonchev–Trinajstić information content (AvgIpc) is 3.88. The monoisotopic (exact) mass is 815 g/mol. The molecule has 0 aliphatic carbocycles. The van der Waals surface area contributed by atoms with Crippen molar-refractivity contribution in [3.05, 3.63) is 224 Å². The van der Waals surface area contributed by atoms with Crippen molar-refractivity contribution < 1.29 is 0 Å². The zero-order chi connectivity index (χ0) is 42.1. The minimum Gasteiger partial charge on any atom is -0.309 e. The minimum atomic E-state index is 0.554. The highest BCUT2D eigenvalue weighted by atomic mass is 15.2. The van der Waals surface area contributed by atoms with E-state index in [0.29, 0.717) is 17.6 Å². The van der Waals surface area contributed by atoms with Crippen molar-refractivity contribution in [3.63, 3.8) is 0 Å². The van der Waals surface area contributed by atoms with Gasteiger partial charge in [0.25, 0.3) is 0 Å². The van der Waals surface area contributed by atoms with Crippen molar-refractivity contribution >= 4 is 65.2 Å². The third-order valence-electron chi connectivity index (χ3n) is 12.7. The van der Waals surface area contributed by atoms with E-state index in [2.05, 4.69) is 221 Å². The van der Waals surface area contributed by atoms with Gasteiger partial charge in [0.05, 0.1) is 22.1 Å². The Hall–Kier alpha value is -8.67. The molecule has 13 aromatic rings. The lowest BCUT2D eigenvalue weighted by atomic mass is 10.0. The zero-order valence-electron chi connectivity index (χ0n) is 34.6. The summed E-state index contributed by atoms with van der Waals surface area (Å²) in [7, 11) is 0. The maximum Gasteiger partial charge on any atom is 0.238 e. The normalized spacial score (nSPS) is 11.8. The highest BCUT2D eigenvalue weighted by molar-refractivity contribution is 6.21. The number of para-hydroxylation sites is 1. The Morgan fingerprint density at radius 2 is 0.844 bits per heavy atom. The molecular formula is C59H37N5. The Kier molecular flexibility index (Phi) is 8.15. The van der Waals surface area contributed by atoms with E-state index in [1.165, 1.54) is 26.9 Å². The molecule has 64 heavy (non-hydrogen) atoms. The summed E-state index contributed by atoms with van der Waals surface area (Å²) < 4.78 is 4.65. The molecule has 0 N–H and O–H groups in total. The van der Waals surface area contributed by atoms with Crippen molar-refractivity contribution in [2.45, 2.75) is 0 Å². The summed E-state index contributed by atoms with van der Waals surface area (Å²) in [6, 6.07) is 79.9. The van der Waals surface area contributed by atoms with Crippen LogP contribution >= 0.6 is 0 Å². The third-order valence-corrected chi connectivity index (χ3v) is 12.7. The first-order valence-corrected chi connectivity index (χ1v) is 21.7. The van der Waals surface area contributed by atoms with E-state index in [0.717, 1.165) is 77.3 Å². The number of fused-ring (bicyclic) bond motifs is 9. The lowest BCUT2D eigenvalue weighted by molar-refractivity contribution is 0.953. The number of aromatic nitrogens is 5. The van der Waals surface area contributed by atoms with Gasteiger partial charge in [-0.05, 0) is 86.3 Å². The second-order valence-electron chi connectivity index (χ2n) is 16.5. The number of rotatable bonds is 6. The quantitative estimate of drug-likeness (QED) is 0.168. The van der Waals surface area contributed by atoms with Crippen molar-refractivity contribution in [3.8, 4) is 56.7 Å². The topological polar surface area (TPSA) is 48.5 Å². The van der Waals surface area contributed by atoms with E-state index in [-0.39, 0.29) is 0 Å². The predicted molar refractivity (Wildman–Crippen MR) is 265 cm³/mol. The van der Waals surface area contributed by atoms with E-state index < -0.39 is 0 Å². The molecule has 0 saturated heterocycles. The number of hydrogen-bond donors (Lipinski definition) is 0. The smallest absolute Gasteiger partial charge is 0.238 e. The summed E-state index contributed by atoms with van der Waals surface area (Å²) in [6.45, 7) is 0. The maximum atomic E-state index is 5.41.